The zero-order chi connectivity index (χ0) is 12.4. The number of phenols is 1. The van der Waals surface area contributed by atoms with Crippen LogP contribution < -0.4 is 4.74 Å². The highest BCUT2D eigenvalue weighted by Crippen LogP contribution is 2.33. The molecule has 1 N–H and O–H groups in total. The molecule has 0 aromatic heterocycles. The van der Waals surface area contributed by atoms with Gasteiger partial charge in [-0.1, -0.05) is 29.8 Å². The Balaban J connectivity index is 2.56. The van der Waals surface area contributed by atoms with E-state index in [-0.39, 0.29) is 5.75 Å². The van der Waals surface area contributed by atoms with E-state index >= 15 is 0 Å². The lowest BCUT2D eigenvalue weighted by molar-refractivity contribution is 0.373. The lowest BCUT2D eigenvalue weighted by atomic mass is 9.98. The van der Waals surface area contributed by atoms with Crippen LogP contribution in [-0.2, 0) is 0 Å². The largest absolute Gasteiger partial charge is 0.504 e. The van der Waals surface area contributed by atoms with Crippen molar-refractivity contribution < 1.29 is 9.84 Å². The van der Waals surface area contributed by atoms with Gasteiger partial charge in [0.15, 0.2) is 11.5 Å². The van der Waals surface area contributed by atoms with Gasteiger partial charge in [0.2, 0.25) is 0 Å². The van der Waals surface area contributed by atoms with Crippen LogP contribution in [0, 0.1) is 13.8 Å². The van der Waals surface area contributed by atoms with Crippen LogP contribution in [-0.4, -0.2) is 12.2 Å². The Bertz CT molecular complexity index is 545. The zero-order valence-corrected chi connectivity index (χ0v) is 10.3. The molecule has 88 valence electrons. The van der Waals surface area contributed by atoms with E-state index in [1.54, 1.807) is 13.2 Å². The second kappa shape index (κ2) is 4.50. The molecule has 2 rings (SSSR count). The highest BCUT2D eigenvalue weighted by Gasteiger charge is 2.06. The van der Waals surface area contributed by atoms with E-state index in [0.717, 1.165) is 5.56 Å². The monoisotopic (exact) mass is 228 g/mol. The van der Waals surface area contributed by atoms with Gasteiger partial charge in [0, 0.05) is 0 Å². The average Bonchev–Trinajstić information content (AvgIpc) is 2.33. The van der Waals surface area contributed by atoms with Crippen LogP contribution in [0.4, 0.5) is 0 Å². The summed E-state index contributed by atoms with van der Waals surface area (Å²) in [5.74, 6) is 0.671. The van der Waals surface area contributed by atoms with Crippen molar-refractivity contribution in [3.05, 3.63) is 47.5 Å². The molecule has 0 unspecified atom stereocenters. The SMILES string of the molecule is COc1cc(-c2cc(C)ccc2C)ccc1O. The zero-order valence-electron chi connectivity index (χ0n) is 10.3. The summed E-state index contributed by atoms with van der Waals surface area (Å²) in [7, 11) is 1.56. The maximum Gasteiger partial charge on any atom is 0.161 e. The lowest BCUT2D eigenvalue weighted by Gasteiger charge is -2.10. The minimum absolute atomic E-state index is 0.168. The van der Waals surface area contributed by atoms with Crippen LogP contribution in [0.5, 0.6) is 11.5 Å². The molecule has 2 aromatic rings. The minimum Gasteiger partial charge on any atom is -0.504 e. The summed E-state index contributed by atoms with van der Waals surface area (Å²) in [5.41, 5.74) is 4.66. The first-order chi connectivity index (χ1) is 8.11. The van der Waals surface area contributed by atoms with Gasteiger partial charge in [-0.25, -0.2) is 0 Å². The molecule has 0 saturated carbocycles. The van der Waals surface area contributed by atoms with Crippen molar-refractivity contribution in [2.75, 3.05) is 7.11 Å². The Morgan fingerprint density at radius 3 is 2.47 bits per heavy atom. The quantitative estimate of drug-likeness (QED) is 0.849. The Morgan fingerprint density at radius 1 is 1.00 bits per heavy atom. The molecule has 0 aliphatic heterocycles. The molecule has 0 amide bonds. The number of ether oxygens (including phenoxy) is 1. The summed E-state index contributed by atoms with van der Waals surface area (Å²) in [5, 5.41) is 9.58. The minimum atomic E-state index is 0.168. The van der Waals surface area contributed by atoms with Gasteiger partial charge < -0.3 is 9.84 Å². The molecule has 2 heteroatoms. The summed E-state index contributed by atoms with van der Waals surface area (Å²) >= 11 is 0. The molecule has 0 heterocycles. The van der Waals surface area contributed by atoms with Crippen LogP contribution in [0.1, 0.15) is 11.1 Å². The van der Waals surface area contributed by atoms with E-state index in [1.165, 1.54) is 16.7 Å². The van der Waals surface area contributed by atoms with Crippen molar-refractivity contribution in [3.63, 3.8) is 0 Å². The Kier molecular flexibility index (Phi) is 3.05. The molecular formula is C15H16O2. The molecule has 0 radical (unpaired) electrons. The smallest absolute Gasteiger partial charge is 0.161 e. The Hall–Kier alpha value is -1.96. The van der Waals surface area contributed by atoms with Crippen molar-refractivity contribution in [2.24, 2.45) is 0 Å². The third-order valence-corrected chi connectivity index (χ3v) is 2.88. The van der Waals surface area contributed by atoms with Gasteiger partial charge in [-0.15, -0.1) is 0 Å². The van der Waals surface area contributed by atoms with Crippen molar-refractivity contribution in [3.8, 4) is 22.6 Å². The first-order valence-electron chi connectivity index (χ1n) is 5.56. The predicted octanol–water partition coefficient (Wildman–Crippen LogP) is 3.68. The predicted molar refractivity (Wildman–Crippen MR) is 69.6 cm³/mol. The van der Waals surface area contributed by atoms with Gasteiger partial charge in [0.05, 0.1) is 7.11 Å². The maximum absolute atomic E-state index is 9.58. The number of aromatic hydroxyl groups is 1. The summed E-state index contributed by atoms with van der Waals surface area (Å²) in [6, 6.07) is 11.8. The van der Waals surface area contributed by atoms with Gasteiger partial charge in [-0.2, -0.15) is 0 Å². The molecule has 2 nitrogen and oxygen atoms in total. The van der Waals surface area contributed by atoms with E-state index in [4.69, 9.17) is 4.74 Å². The highest BCUT2D eigenvalue weighted by atomic mass is 16.5. The summed E-state index contributed by atoms with van der Waals surface area (Å²) in [6.07, 6.45) is 0. The van der Waals surface area contributed by atoms with Gasteiger partial charge in [0.1, 0.15) is 0 Å². The Morgan fingerprint density at radius 2 is 1.76 bits per heavy atom. The van der Waals surface area contributed by atoms with Crippen LogP contribution in [0.25, 0.3) is 11.1 Å². The molecule has 0 spiro atoms. The van der Waals surface area contributed by atoms with Crippen LogP contribution in [0.2, 0.25) is 0 Å². The summed E-state index contributed by atoms with van der Waals surface area (Å²) < 4.78 is 5.13. The van der Waals surface area contributed by atoms with Crippen molar-refractivity contribution in [1.82, 2.24) is 0 Å². The number of benzene rings is 2. The molecule has 0 aliphatic rings. The number of hydrogen-bond donors (Lipinski definition) is 1. The number of methoxy groups -OCH3 is 1. The van der Waals surface area contributed by atoms with E-state index in [9.17, 15) is 5.11 Å². The van der Waals surface area contributed by atoms with Crippen molar-refractivity contribution >= 4 is 0 Å². The fourth-order valence-electron chi connectivity index (χ4n) is 1.89. The second-order valence-corrected chi connectivity index (χ2v) is 4.21. The van der Waals surface area contributed by atoms with Gasteiger partial charge in [0.25, 0.3) is 0 Å². The molecule has 2 aromatic carbocycles. The lowest BCUT2D eigenvalue weighted by Crippen LogP contribution is -1.88. The maximum atomic E-state index is 9.58. The van der Waals surface area contributed by atoms with Gasteiger partial charge in [-0.05, 0) is 42.7 Å². The molecule has 0 fully saturated rings. The van der Waals surface area contributed by atoms with Gasteiger partial charge in [-0.3, -0.25) is 0 Å². The number of phenolic OH excluding ortho intramolecular Hbond substituents is 1. The summed E-state index contributed by atoms with van der Waals surface area (Å²) in [6.45, 7) is 4.15. The fourth-order valence-corrected chi connectivity index (χ4v) is 1.89. The molecule has 0 aliphatic carbocycles. The molecule has 0 saturated heterocycles. The third-order valence-electron chi connectivity index (χ3n) is 2.88. The van der Waals surface area contributed by atoms with Crippen molar-refractivity contribution in [1.29, 1.82) is 0 Å². The van der Waals surface area contributed by atoms with Gasteiger partial charge >= 0.3 is 0 Å². The number of aryl methyl sites for hydroxylation is 2. The fraction of sp³-hybridized carbons (Fsp3) is 0.200. The van der Waals surface area contributed by atoms with Crippen LogP contribution in [0.3, 0.4) is 0 Å². The van der Waals surface area contributed by atoms with E-state index < -0.39 is 0 Å². The number of hydrogen-bond acceptors (Lipinski definition) is 2. The average molecular weight is 228 g/mol. The number of rotatable bonds is 2. The van der Waals surface area contributed by atoms with Crippen LogP contribution in [0.15, 0.2) is 36.4 Å². The first-order valence-corrected chi connectivity index (χ1v) is 5.56. The summed E-state index contributed by atoms with van der Waals surface area (Å²) in [4.78, 5) is 0. The third kappa shape index (κ3) is 2.26. The topological polar surface area (TPSA) is 29.5 Å². The standard InChI is InChI=1S/C15H16O2/c1-10-4-5-11(2)13(8-10)12-6-7-14(16)15(9-12)17-3/h4-9,16H,1-3H3. The first kappa shape index (κ1) is 11.5. The molecular weight excluding hydrogens is 212 g/mol. The molecule has 17 heavy (non-hydrogen) atoms. The van der Waals surface area contributed by atoms with E-state index in [2.05, 4.69) is 32.0 Å². The Labute approximate surface area is 101 Å². The van der Waals surface area contributed by atoms with E-state index in [1.807, 2.05) is 12.1 Å². The van der Waals surface area contributed by atoms with Crippen LogP contribution >= 0.6 is 0 Å². The molecule has 0 atom stereocenters. The van der Waals surface area contributed by atoms with Crippen molar-refractivity contribution in [2.45, 2.75) is 13.8 Å². The van der Waals surface area contributed by atoms with E-state index in [0.29, 0.717) is 5.75 Å². The normalized spacial score (nSPS) is 10.3. The molecule has 0 bridgehead atoms. The second-order valence-electron chi connectivity index (χ2n) is 4.21. The highest BCUT2D eigenvalue weighted by molar-refractivity contribution is 5.70.